The minimum absolute atomic E-state index is 0.0332. The van der Waals surface area contributed by atoms with Crippen molar-refractivity contribution in [1.82, 2.24) is 9.80 Å². The lowest BCUT2D eigenvalue weighted by molar-refractivity contribution is -0.145. The molecule has 1 unspecified atom stereocenters. The van der Waals surface area contributed by atoms with Crippen molar-refractivity contribution in [3.05, 3.63) is 0 Å². The standard InChI is InChI=1S/C13H24N2O3/c1-10(13(17)14(2)3)15(9-12(16)18-4)11-7-5-6-8-11/h10-11H,5-9H2,1-4H3. The average Bonchev–Trinajstić information content (AvgIpc) is 2.87. The predicted octanol–water partition coefficient (Wildman–Crippen LogP) is 0.881. The summed E-state index contributed by atoms with van der Waals surface area (Å²) < 4.78 is 4.73. The van der Waals surface area contributed by atoms with E-state index in [0.717, 1.165) is 12.8 Å². The van der Waals surface area contributed by atoms with E-state index in [1.807, 2.05) is 11.8 Å². The van der Waals surface area contributed by atoms with Gasteiger partial charge in [-0.25, -0.2) is 0 Å². The number of nitrogens with zero attached hydrogens (tertiary/aromatic N) is 2. The van der Waals surface area contributed by atoms with E-state index in [0.29, 0.717) is 6.04 Å². The second kappa shape index (κ2) is 6.73. The molecule has 104 valence electrons. The summed E-state index contributed by atoms with van der Waals surface area (Å²) in [6.07, 6.45) is 4.46. The fraction of sp³-hybridized carbons (Fsp3) is 0.846. The van der Waals surface area contributed by atoms with Crippen LogP contribution in [0.5, 0.6) is 0 Å². The molecule has 5 heteroatoms. The van der Waals surface area contributed by atoms with E-state index in [9.17, 15) is 9.59 Å². The van der Waals surface area contributed by atoms with Gasteiger partial charge >= 0.3 is 5.97 Å². The minimum atomic E-state index is -0.277. The lowest BCUT2D eigenvalue weighted by atomic mass is 10.1. The smallest absolute Gasteiger partial charge is 0.319 e. The maximum absolute atomic E-state index is 12.0. The first kappa shape index (κ1) is 15.0. The Morgan fingerprint density at radius 3 is 2.28 bits per heavy atom. The van der Waals surface area contributed by atoms with E-state index < -0.39 is 0 Å². The van der Waals surface area contributed by atoms with Gasteiger partial charge in [0.15, 0.2) is 0 Å². The molecule has 1 aliphatic carbocycles. The molecule has 0 aromatic carbocycles. The molecule has 1 rings (SSSR count). The molecular formula is C13H24N2O3. The van der Waals surface area contributed by atoms with Crippen LogP contribution in [0.2, 0.25) is 0 Å². The maximum atomic E-state index is 12.0. The number of likely N-dealkylation sites (N-methyl/N-ethyl adjacent to an activating group) is 1. The van der Waals surface area contributed by atoms with Gasteiger partial charge in [-0.05, 0) is 19.8 Å². The molecule has 0 bridgehead atoms. The van der Waals surface area contributed by atoms with Crippen LogP contribution >= 0.6 is 0 Å². The first-order valence-electron chi connectivity index (χ1n) is 6.51. The zero-order valence-corrected chi connectivity index (χ0v) is 11.8. The fourth-order valence-electron chi connectivity index (χ4n) is 2.55. The van der Waals surface area contributed by atoms with E-state index in [-0.39, 0.29) is 24.5 Å². The summed E-state index contributed by atoms with van der Waals surface area (Å²) in [5.41, 5.74) is 0. The second-order valence-corrected chi connectivity index (χ2v) is 5.10. The molecule has 0 heterocycles. The molecule has 0 aromatic rings. The molecule has 1 atom stereocenters. The maximum Gasteiger partial charge on any atom is 0.319 e. The van der Waals surface area contributed by atoms with Gasteiger partial charge in [-0.2, -0.15) is 0 Å². The van der Waals surface area contributed by atoms with Crippen LogP contribution < -0.4 is 0 Å². The Bertz CT molecular complexity index is 299. The number of esters is 1. The van der Waals surface area contributed by atoms with Crippen molar-refractivity contribution in [3.63, 3.8) is 0 Å². The van der Waals surface area contributed by atoms with Gasteiger partial charge in [0.2, 0.25) is 5.91 Å². The number of carbonyl (C=O) groups is 2. The van der Waals surface area contributed by atoms with Crippen molar-refractivity contribution < 1.29 is 14.3 Å². The van der Waals surface area contributed by atoms with Crippen molar-refractivity contribution in [2.75, 3.05) is 27.7 Å². The normalized spacial score (nSPS) is 17.8. The topological polar surface area (TPSA) is 49.9 Å². The van der Waals surface area contributed by atoms with Gasteiger partial charge in [-0.1, -0.05) is 12.8 Å². The van der Waals surface area contributed by atoms with Gasteiger partial charge in [-0.3, -0.25) is 14.5 Å². The number of methoxy groups -OCH3 is 1. The van der Waals surface area contributed by atoms with Crippen LogP contribution in [-0.2, 0) is 14.3 Å². The SMILES string of the molecule is COC(=O)CN(C1CCCC1)C(C)C(=O)N(C)C. The van der Waals surface area contributed by atoms with Crippen molar-refractivity contribution >= 4 is 11.9 Å². The van der Waals surface area contributed by atoms with Gasteiger partial charge in [0.05, 0.1) is 19.7 Å². The number of rotatable bonds is 5. The van der Waals surface area contributed by atoms with Gasteiger partial charge in [0.1, 0.15) is 0 Å². The predicted molar refractivity (Wildman–Crippen MR) is 69.1 cm³/mol. The summed E-state index contributed by atoms with van der Waals surface area (Å²) in [6.45, 7) is 2.06. The Balaban J connectivity index is 2.75. The molecule has 1 aliphatic rings. The first-order chi connectivity index (χ1) is 8.47. The quantitative estimate of drug-likeness (QED) is 0.685. The molecule has 0 N–H and O–H groups in total. The summed E-state index contributed by atoms with van der Waals surface area (Å²) in [5, 5.41) is 0. The molecule has 0 radical (unpaired) electrons. The largest absolute Gasteiger partial charge is 0.468 e. The number of hydrogen-bond acceptors (Lipinski definition) is 4. The van der Waals surface area contributed by atoms with Gasteiger partial charge < -0.3 is 9.64 Å². The number of carbonyl (C=O) groups excluding carboxylic acids is 2. The lowest BCUT2D eigenvalue weighted by Crippen LogP contribution is -2.50. The van der Waals surface area contributed by atoms with Crippen LogP contribution in [-0.4, -0.2) is 61.5 Å². The monoisotopic (exact) mass is 256 g/mol. The van der Waals surface area contributed by atoms with Crippen molar-refractivity contribution in [2.24, 2.45) is 0 Å². The Labute approximate surface area is 109 Å². The Morgan fingerprint density at radius 1 is 1.28 bits per heavy atom. The van der Waals surface area contributed by atoms with Crippen molar-refractivity contribution in [3.8, 4) is 0 Å². The van der Waals surface area contributed by atoms with Crippen LogP contribution in [0.15, 0.2) is 0 Å². The third-order valence-electron chi connectivity index (χ3n) is 3.63. The Hall–Kier alpha value is -1.10. The highest BCUT2D eigenvalue weighted by molar-refractivity contribution is 5.82. The third-order valence-corrected chi connectivity index (χ3v) is 3.63. The summed E-state index contributed by atoms with van der Waals surface area (Å²) in [4.78, 5) is 27.1. The molecule has 0 aromatic heterocycles. The van der Waals surface area contributed by atoms with Crippen LogP contribution in [0, 0.1) is 0 Å². The van der Waals surface area contributed by atoms with Crippen LogP contribution in [0.3, 0.4) is 0 Å². The Morgan fingerprint density at radius 2 is 1.83 bits per heavy atom. The van der Waals surface area contributed by atoms with Crippen LogP contribution in [0.4, 0.5) is 0 Å². The summed E-state index contributed by atoms with van der Waals surface area (Å²) in [6, 6.07) is 0.0465. The molecule has 18 heavy (non-hydrogen) atoms. The first-order valence-corrected chi connectivity index (χ1v) is 6.51. The van der Waals surface area contributed by atoms with Crippen LogP contribution in [0.25, 0.3) is 0 Å². The third kappa shape index (κ3) is 3.70. The number of amides is 1. The highest BCUT2D eigenvalue weighted by Gasteiger charge is 2.32. The number of ether oxygens (including phenoxy) is 1. The minimum Gasteiger partial charge on any atom is -0.468 e. The van der Waals surface area contributed by atoms with Gasteiger partial charge in [0.25, 0.3) is 0 Å². The second-order valence-electron chi connectivity index (χ2n) is 5.10. The Kier molecular flexibility index (Phi) is 5.59. The van der Waals surface area contributed by atoms with Crippen molar-refractivity contribution in [2.45, 2.75) is 44.7 Å². The molecule has 1 amide bonds. The van der Waals surface area contributed by atoms with E-state index in [1.54, 1.807) is 19.0 Å². The van der Waals surface area contributed by atoms with E-state index >= 15 is 0 Å². The molecule has 0 spiro atoms. The molecular weight excluding hydrogens is 232 g/mol. The zero-order chi connectivity index (χ0) is 13.7. The average molecular weight is 256 g/mol. The summed E-state index contributed by atoms with van der Waals surface area (Å²) in [7, 11) is 4.86. The highest BCUT2D eigenvalue weighted by Crippen LogP contribution is 2.25. The van der Waals surface area contributed by atoms with Crippen molar-refractivity contribution in [1.29, 1.82) is 0 Å². The molecule has 5 nitrogen and oxygen atoms in total. The summed E-state index contributed by atoms with van der Waals surface area (Å²) in [5.74, 6) is -0.244. The molecule has 1 fully saturated rings. The highest BCUT2D eigenvalue weighted by atomic mass is 16.5. The van der Waals surface area contributed by atoms with E-state index in [4.69, 9.17) is 4.74 Å². The molecule has 0 aliphatic heterocycles. The molecule has 1 saturated carbocycles. The van der Waals surface area contributed by atoms with Gasteiger partial charge in [0, 0.05) is 20.1 Å². The van der Waals surface area contributed by atoms with E-state index in [1.165, 1.54) is 20.0 Å². The zero-order valence-electron chi connectivity index (χ0n) is 11.8. The number of hydrogen-bond donors (Lipinski definition) is 0. The summed E-state index contributed by atoms with van der Waals surface area (Å²) >= 11 is 0. The van der Waals surface area contributed by atoms with E-state index in [2.05, 4.69) is 0 Å². The fourth-order valence-corrected chi connectivity index (χ4v) is 2.55. The molecule has 0 saturated heterocycles. The van der Waals surface area contributed by atoms with Gasteiger partial charge in [-0.15, -0.1) is 0 Å². The van der Waals surface area contributed by atoms with Crippen LogP contribution in [0.1, 0.15) is 32.6 Å². The lowest BCUT2D eigenvalue weighted by Gasteiger charge is -2.33.